The van der Waals surface area contributed by atoms with E-state index in [-0.39, 0.29) is 71.3 Å². The minimum atomic E-state index is -5.16. The number of phosphoric ester groups is 1. The van der Waals surface area contributed by atoms with Crippen LogP contribution in [0.2, 0.25) is 0 Å². The van der Waals surface area contributed by atoms with Crippen LogP contribution in [0.4, 0.5) is 0 Å². The van der Waals surface area contributed by atoms with Crippen molar-refractivity contribution >= 4 is 60.3 Å². The Kier molecular flexibility index (Phi) is 42.8. The molecule has 6 atom stereocenters. The predicted molar refractivity (Wildman–Crippen MR) is 464 cm³/mol. The average Bonchev–Trinajstić information content (AvgIpc) is 0.826. The molecule has 0 heterocycles. The molecule has 0 aliphatic carbocycles. The second kappa shape index (κ2) is 51.1. The van der Waals surface area contributed by atoms with E-state index in [2.05, 4.69) is 18.2 Å². The SMILES string of the molecule is CCN(CC)C(=O)/C(Cl)=C(\C)C(COP(=O)(OCC(O[C@@H](COc1ccccc1CCc1cccc(OC)c1)CN(C)C)/C(C)=C(\Cl)C(=O)N(CC)CC)OCC(O[C@@H](COc1ccccc1CCc1cccc(OC)c1)CN(C)C)/C(C)=C(/Cl)C(=O)N(CC)CC)O[C@@H](COc1ccccc1CCc1cccc(OC)c1)CN(C)C. The van der Waals surface area contributed by atoms with Gasteiger partial charge in [-0.1, -0.05) is 126 Å². The fraction of sp³-hybridized carbons (Fsp3) is 0.500. The minimum absolute atomic E-state index is 0.000895. The summed E-state index contributed by atoms with van der Waals surface area (Å²) >= 11 is 21.8. The summed E-state index contributed by atoms with van der Waals surface area (Å²) in [6.45, 7) is 17.2. The molecule has 6 rings (SSSR count). The first-order valence-electron chi connectivity index (χ1n) is 40.1. The Labute approximate surface area is 705 Å². The Hall–Kier alpha value is -7.51. The molecule has 0 fully saturated rings. The molecule has 0 N–H and O–H groups in total. The van der Waals surface area contributed by atoms with Crippen molar-refractivity contribution in [1.82, 2.24) is 29.4 Å². The van der Waals surface area contributed by atoms with Gasteiger partial charge in [0.15, 0.2) is 0 Å². The van der Waals surface area contributed by atoms with E-state index in [0.29, 0.717) is 95.0 Å². The van der Waals surface area contributed by atoms with Gasteiger partial charge in [0, 0.05) is 58.9 Å². The first kappa shape index (κ1) is 97.3. The summed E-state index contributed by atoms with van der Waals surface area (Å²) in [4.78, 5) is 54.0. The molecule has 6 aromatic carbocycles. The van der Waals surface area contributed by atoms with Crippen LogP contribution in [0.5, 0.6) is 34.5 Å². The Morgan fingerprint density at radius 2 is 0.603 bits per heavy atom. The maximum absolute atomic E-state index is 16.8. The van der Waals surface area contributed by atoms with Gasteiger partial charge in [-0.25, -0.2) is 4.57 Å². The van der Waals surface area contributed by atoms with Crippen molar-refractivity contribution in [2.45, 2.75) is 137 Å². The topological polar surface area (TPSA) is 198 Å². The molecular weight excluding hydrogens is 1560 g/mol. The Morgan fingerprint density at radius 3 is 0.836 bits per heavy atom. The Morgan fingerprint density at radius 1 is 0.353 bits per heavy atom. The third kappa shape index (κ3) is 31.7. The van der Waals surface area contributed by atoms with Crippen molar-refractivity contribution in [2.24, 2.45) is 0 Å². The molecule has 0 aliphatic heterocycles. The molecule has 638 valence electrons. The molecule has 0 saturated carbocycles. The lowest BCUT2D eigenvalue weighted by molar-refractivity contribution is -0.127. The number of halogens is 3. The van der Waals surface area contributed by atoms with Crippen molar-refractivity contribution in [1.29, 1.82) is 0 Å². The van der Waals surface area contributed by atoms with Crippen LogP contribution in [0.1, 0.15) is 95.7 Å². The maximum Gasteiger partial charge on any atom is 0.475 e. The van der Waals surface area contributed by atoms with Gasteiger partial charge < -0.3 is 72.0 Å². The van der Waals surface area contributed by atoms with Crippen LogP contribution in [0, 0.1) is 0 Å². The van der Waals surface area contributed by atoms with Gasteiger partial charge in [-0.3, -0.25) is 28.0 Å². The third-order valence-corrected chi connectivity index (χ3v) is 22.6. The molecule has 0 aliphatic rings. The summed E-state index contributed by atoms with van der Waals surface area (Å²) < 4.78 is 95.2. The largest absolute Gasteiger partial charge is 0.497 e. The molecular formula is C90H126Cl3N6O16P. The number of nitrogens with zero attached hydrogens (tertiary/aromatic N) is 6. The summed E-state index contributed by atoms with van der Waals surface area (Å²) in [6.07, 6.45) is -2.03. The van der Waals surface area contributed by atoms with Crippen molar-refractivity contribution < 1.29 is 75.2 Å². The molecule has 116 heavy (non-hydrogen) atoms. The molecule has 0 spiro atoms. The molecule has 22 nitrogen and oxygen atoms in total. The molecule has 0 aromatic heterocycles. The minimum Gasteiger partial charge on any atom is -0.497 e. The molecule has 0 saturated heterocycles. The second-order valence-electron chi connectivity index (χ2n) is 29.1. The normalized spacial score (nSPS) is 14.4. The lowest BCUT2D eigenvalue weighted by Crippen LogP contribution is -2.40. The number of hydrogen-bond donors (Lipinski definition) is 0. The summed E-state index contributed by atoms with van der Waals surface area (Å²) in [5.74, 6) is 2.79. The molecule has 26 heteroatoms. The zero-order valence-corrected chi connectivity index (χ0v) is 74.6. The molecule has 6 aromatic rings. The lowest BCUT2D eigenvalue weighted by Gasteiger charge is -2.32. The van der Waals surface area contributed by atoms with Crippen LogP contribution >= 0.6 is 42.6 Å². The quantitative estimate of drug-likeness (QED) is 0.0258. The number of aryl methyl sites for hydroxylation is 6. The number of methoxy groups -OCH3 is 3. The van der Waals surface area contributed by atoms with Crippen LogP contribution in [-0.4, -0.2) is 246 Å². The van der Waals surface area contributed by atoms with E-state index in [1.165, 1.54) is 0 Å². The first-order valence-corrected chi connectivity index (χ1v) is 42.7. The highest BCUT2D eigenvalue weighted by Crippen LogP contribution is 2.51. The summed E-state index contributed by atoms with van der Waals surface area (Å²) in [7, 11) is 11.1. The van der Waals surface area contributed by atoms with Crippen LogP contribution < -0.4 is 28.4 Å². The van der Waals surface area contributed by atoms with Crippen LogP contribution in [0.25, 0.3) is 0 Å². The van der Waals surface area contributed by atoms with E-state index in [1.807, 2.05) is 226 Å². The fourth-order valence-electron chi connectivity index (χ4n) is 13.0. The standard InChI is InChI=1S/C90H126Cl3N6O16P/c1-19-97(20-2)88(100)85(91)64(7)82(113-76(55-94(10)11)58-107-79-43-28-25-37-70(79)49-46-67-34-31-40-73(52-67)104-16)61-110-116(103,111-62-83(65(8)86(92)89(101)98(21-3)22-4)114-77(56-95(12)13)59-108-80-44-29-26-38-71(80)50-47-68-35-32-41-74(53-68)105-17)112-63-84(66(9)87(93)90(102)99(23-5)24-6)115-78(57-96(14)15)60-109-81-45-30-27-39-72(81)51-48-69-36-33-42-75(54-69)106-18/h25-45,52-54,76-78,82-84H,19-24,46-51,55-63H2,1-18H3/b85-64-,86-65-,87-66+/t76-,77-,78-,82?,83?,84?,116?/m1/s1. The van der Waals surface area contributed by atoms with Gasteiger partial charge in [0.05, 0.1) is 41.2 Å². The number of phosphoric acid groups is 1. The van der Waals surface area contributed by atoms with E-state index in [1.54, 1.807) is 56.8 Å². The number of hydrogen-bond acceptors (Lipinski definition) is 19. The van der Waals surface area contributed by atoms with E-state index in [0.717, 1.165) is 50.6 Å². The number of ether oxygens (including phenoxy) is 9. The van der Waals surface area contributed by atoms with Crippen LogP contribution in [-0.2, 0) is 85.3 Å². The number of para-hydroxylation sites is 3. The summed E-state index contributed by atoms with van der Waals surface area (Å²) in [6, 6.07) is 47.3. The maximum atomic E-state index is 16.8. The third-order valence-electron chi connectivity index (χ3n) is 19.8. The van der Waals surface area contributed by atoms with Crippen molar-refractivity contribution in [3.8, 4) is 34.5 Å². The van der Waals surface area contributed by atoms with Gasteiger partial charge in [-0.05, 0) is 248 Å². The number of rotatable bonds is 54. The number of carbonyl (C=O) groups is 3. The van der Waals surface area contributed by atoms with Crippen molar-refractivity contribution in [3.63, 3.8) is 0 Å². The number of benzene rings is 6. The van der Waals surface area contributed by atoms with Crippen molar-refractivity contribution in [2.75, 3.05) is 162 Å². The first-order chi connectivity index (χ1) is 55.6. The molecule has 3 unspecified atom stereocenters. The molecule has 0 bridgehead atoms. The van der Waals surface area contributed by atoms with Gasteiger partial charge in [-0.15, -0.1) is 0 Å². The average molecular weight is 1690 g/mol. The lowest BCUT2D eigenvalue weighted by atomic mass is 10.0. The zero-order valence-electron chi connectivity index (χ0n) is 71.5. The predicted octanol–water partition coefficient (Wildman–Crippen LogP) is 15.9. The van der Waals surface area contributed by atoms with E-state index in [4.69, 9.17) is 91.0 Å². The van der Waals surface area contributed by atoms with Gasteiger partial charge in [0.2, 0.25) is 0 Å². The van der Waals surface area contributed by atoms with Gasteiger partial charge in [-0.2, -0.15) is 0 Å². The number of carbonyl (C=O) groups excluding carboxylic acids is 3. The second-order valence-corrected chi connectivity index (χ2v) is 31.9. The highest BCUT2D eigenvalue weighted by Gasteiger charge is 2.38. The molecule has 3 amide bonds. The van der Waals surface area contributed by atoms with Gasteiger partial charge >= 0.3 is 7.82 Å². The van der Waals surface area contributed by atoms with E-state index in [9.17, 15) is 14.4 Å². The van der Waals surface area contributed by atoms with Crippen LogP contribution in [0.15, 0.2) is 177 Å². The molecule has 0 radical (unpaired) electrons. The monoisotopic (exact) mass is 1680 g/mol. The van der Waals surface area contributed by atoms with Gasteiger partial charge in [0.1, 0.15) is 106 Å². The van der Waals surface area contributed by atoms with Crippen LogP contribution in [0.3, 0.4) is 0 Å². The highest BCUT2D eigenvalue weighted by atomic mass is 35.5. The number of likely N-dealkylation sites (N-methyl/N-ethyl adjacent to an activating group) is 6. The van der Waals surface area contributed by atoms with E-state index < -0.39 is 82.0 Å². The van der Waals surface area contributed by atoms with E-state index >= 15 is 4.57 Å². The fourth-order valence-corrected chi connectivity index (χ4v) is 14.9. The zero-order chi connectivity index (χ0) is 84.9. The smallest absolute Gasteiger partial charge is 0.475 e. The Bertz CT molecular complexity index is 3740. The number of amides is 3. The summed E-state index contributed by atoms with van der Waals surface area (Å²) in [5, 5.41) is -0.466. The van der Waals surface area contributed by atoms with Crippen molar-refractivity contribution in [3.05, 3.63) is 211 Å². The Balaban J connectivity index is 1.49. The highest BCUT2D eigenvalue weighted by molar-refractivity contribution is 7.48. The summed E-state index contributed by atoms with van der Waals surface area (Å²) in [5.41, 5.74) is 6.87. The van der Waals surface area contributed by atoms with Gasteiger partial charge in [0.25, 0.3) is 17.7 Å².